The van der Waals surface area contributed by atoms with E-state index in [0.717, 1.165) is 0 Å². The molecule has 2 heterocycles. The SMILES string of the molecule is [N-]=[N+]=Nc1nccnc1-n1ncc2c(C(=O)O)cccc21. The highest BCUT2D eigenvalue weighted by molar-refractivity contribution is 6.02. The number of carbonyl (C=O) groups is 1. The average molecular weight is 281 g/mol. The van der Waals surface area contributed by atoms with Crippen molar-refractivity contribution in [2.75, 3.05) is 0 Å². The largest absolute Gasteiger partial charge is 0.478 e. The monoisotopic (exact) mass is 281 g/mol. The number of benzene rings is 1. The molecule has 0 radical (unpaired) electrons. The van der Waals surface area contributed by atoms with Gasteiger partial charge in [-0.3, -0.25) is 0 Å². The topological polar surface area (TPSA) is 130 Å². The van der Waals surface area contributed by atoms with E-state index < -0.39 is 5.97 Å². The van der Waals surface area contributed by atoms with Crippen LogP contribution in [-0.2, 0) is 0 Å². The van der Waals surface area contributed by atoms with Gasteiger partial charge in [-0.05, 0) is 22.8 Å². The van der Waals surface area contributed by atoms with Gasteiger partial charge in [0.2, 0.25) is 0 Å². The van der Waals surface area contributed by atoms with E-state index in [1.807, 2.05) is 0 Å². The number of nitrogens with zero attached hydrogens (tertiary/aromatic N) is 7. The summed E-state index contributed by atoms with van der Waals surface area (Å²) in [5.41, 5.74) is 9.22. The standard InChI is InChI=1S/C12H7N7O2/c13-18-17-10-11(15-5-4-14-10)19-9-3-1-2-7(12(20)21)8(9)6-16-19/h1-6H,(H,20,21). The van der Waals surface area contributed by atoms with Crippen LogP contribution in [0.15, 0.2) is 41.9 Å². The Morgan fingerprint density at radius 1 is 1.33 bits per heavy atom. The van der Waals surface area contributed by atoms with Crippen molar-refractivity contribution >= 4 is 22.7 Å². The number of aromatic nitrogens is 4. The van der Waals surface area contributed by atoms with E-state index in [-0.39, 0.29) is 17.2 Å². The Morgan fingerprint density at radius 3 is 2.90 bits per heavy atom. The number of hydrogen-bond acceptors (Lipinski definition) is 5. The first-order valence-electron chi connectivity index (χ1n) is 5.79. The van der Waals surface area contributed by atoms with Crippen molar-refractivity contribution in [1.29, 1.82) is 0 Å². The lowest BCUT2D eigenvalue weighted by atomic mass is 10.1. The molecule has 0 saturated heterocycles. The van der Waals surface area contributed by atoms with Crippen molar-refractivity contribution in [1.82, 2.24) is 19.7 Å². The van der Waals surface area contributed by atoms with Gasteiger partial charge < -0.3 is 5.11 Å². The quantitative estimate of drug-likeness (QED) is 0.447. The molecule has 9 nitrogen and oxygen atoms in total. The molecule has 0 aliphatic heterocycles. The molecule has 0 unspecified atom stereocenters. The summed E-state index contributed by atoms with van der Waals surface area (Å²) in [5, 5.41) is 17.2. The third-order valence-electron chi connectivity index (χ3n) is 2.84. The summed E-state index contributed by atoms with van der Waals surface area (Å²) in [6.45, 7) is 0. The summed E-state index contributed by atoms with van der Waals surface area (Å²) in [4.78, 5) is 21.9. The number of aromatic carboxylic acids is 1. The first-order chi connectivity index (χ1) is 10.2. The zero-order valence-corrected chi connectivity index (χ0v) is 10.5. The van der Waals surface area contributed by atoms with Crippen LogP contribution in [-0.4, -0.2) is 30.8 Å². The molecular formula is C12H7N7O2. The van der Waals surface area contributed by atoms with Gasteiger partial charge in [-0.1, -0.05) is 6.07 Å². The molecule has 0 saturated carbocycles. The molecule has 2 aromatic heterocycles. The first-order valence-corrected chi connectivity index (χ1v) is 5.79. The molecule has 0 atom stereocenters. The van der Waals surface area contributed by atoms with E-state index >= 15 is 0 Å². The molecule has 102 valence electrons. The highest BCUT2D eigenvalue weighted by Gasteiger charge is 2.15. The van der Waals surface area contributed by atoms with Gasteiger partial charge in [-0.2, -0.15) is 5.10 Å². The molecule has 0 fully saturated rings. The number of fused-ring (bicyclic) bond motifs is 1. The summed E-state index contributed by atoms with van der Waals surface area (Å²) in [6.07, 6.45) is 4.25. The number of carboxylic acids is 1. The molecule has 1 aromatic carbocycles. The highest BCUT2D eigenvalue weighted by Crippen LogP contribution is 2.24. The van der Waals surface area contributed by atoms with Gasteiger partial charge in [0.25, 0.3) is 0 Å². The molecule has 0 aliphatic rings. The lowest BCUT2D eigenvalue weighted by molar-refractivity contribution is 0.0699. The van der Waals surface area contributed by atoms with E-state index in [1.165, 1.54) is 29.3 Å². The zero-order chi connectivity index (χ0) is 14.8. The Kier molecular flexibility index (Phi) is 2.94. The third-order valence-corrected chi connectivity index (χ3v) is 2.84. The Labute approximate surface area is 117 Å². The average Bonchev–Trinajstić information content (AvgIpc) is 2.91. The lowest BCUT2D eigenvalue weighted by Gasteiger charge is -2.04. The Balaban J connectivity index is 2.30. The molecule has 0 spiro atoms. The van der Waals surface area contributed by atoms with Crippen molar-refractivity contribution in [3.05, 3.63) is 52.8 Å². The predicted molar refractivity (Wildman–Crippen MR) is 72.4 cm³/mol. The minimum Gasteiger partial charge on any atom is -0.478 e. The van der Waals surface area contributed by atoms with Crippen LogP contribution in [0, 0.1) is 0 Å². The fraction of sp³-hybridized carbons (Fsp3) is 0. The van der Waals surface area contributed by atoms with Crippen molar-refractivity contribution < 1.29 is 9.90 Å². The van der Waals surface area contributed by atoms with Gasteiger partial charge in [0, 0.05) is 22.7 Å². The normalized spacial score (nSPS) is 10.3. The predicted octanol–water partition coefficient (Wildman–Crippen LogP) is 2.46. The number of hydrogen-bond donors (Lipinski definition) is 1. The molecule has 0 amide bonds. The van der Waals surface area contributed by atoms with Gasteiger partial charge in [0.15, 0.2) is 11.6 Å². The van der Waals surface area contributed by atoms with Gasteiger partial charge >= 0.3 is 5.97 Å². The molecule has 9 heteroatoms. The van der Waals surface area contributed by atoms with Crippen LogP contribution in [0.3, 0.4) is 0 Å². The fourth-order valence-corrected chi connectivity index (χ4v) is 1.99. The van der Waals surface area contributed by atoms with Gasteiger partial charge in [0.05, 0.1) is 17.3 Å². The number of azide groups is 1. The fourth-order valence-electron chi connectivity index (χ4n) is 1.99. The van der Waals surface area contributed by atoms with Crippen LogP contribution in [0.5, 0.6) is 0 Å². The minimum atomic E-state index is -1.05. The second-order valence-electron chi connectivity index (χ2n) is 3.99. The van der Waals surface area contributed by atoms with Crippen molar-refractivity contribution in [2.45, 2.75) is 0 Å². The maximum absolute atomic E-state index is 11.2. The summed E-state index contributed by atoms with van der Waals surface area (Å²) >= 11 is 0. The van der Waals surface area contributed by atoms with Gasteiger partial charge in [-0.25, -0.2) is 19.4 Å². The van der Waals surface area contributed by atoms with Crippen LogP contribution in [0.25, 0.3) is 27.2 Å². The maximum Gasteiger partial charge on any atom is 0.336 e. The first kappa shape index (κ1) is 12.6. The van der Waals surface area contributed by atoms with Crippen LogP contribution in [0.4, 0.5) is 5.82 Å². The Hall–Kier alpha value is -3.45. The summed E-state index contributed by atoms with van der Waals surface area (Å²) in [7, 11) is 0. The molecule has 21 heavy (non-hydrogen) atoms. The lowest BCUT2D eigenvalue weighted by Crippen LogP contribution is -2.01. The van der Waals surface area contributed by atoms with Crippen molar-refractivity contribution in [3.8, 4) is 5.82 Å². The van der Waals surface area contributed by atoms with Crippen LogP contribution in [0.1, 0.15) is 10.4 Å². The van der Waals surface area contributed by atoms with Crippen molar-refractivity contribution in [2.24, 2.45) is 5.11 Å². The summed E-state index contributed by atoms with van der Waals surface area (Å²) in [5.74, 6) is -0.756. The zero-order valence-electron chi connectivity index (χ0n) is 10.5. The van der Waals surface area contributed by atoms with Crippen LogP contribution < -0.4 is 0 Å². The molecule has 3 aromatic rings. The Bertz CT molecular complexity index is 896. The summed E-state index contributed by atoms with van der Waals surface area (Å²) < 4.78 is 1.39. The highest BCUT2D eigenvalue weighted by atomic mass is 16.4. The summed E-state index contributed by atoms with van der Waals surface area (Å²) in [6, 6.07) is 4.79. The van der Waals surface area contributed by atoms with Crippen LogP contribution in [0.2, 0.25) is 0 Å². The van der Waals surface area contributed by atoms with Gasteiger partial charge in [0.1, 0.15) is 0 Å². The molecule has 0 aliphatic carbocycles. The smallest absolute Gasteiger partial charge is 0.336 e. The van der Waals surface area contributed by atoms with E-state index in [2.05, 4.69) is 25.1 Å². The van der Waals surface area contributed by atoms with E-state index in [9.17, 15) is 4.79 Å². The Morgan fingerprint density at radius 2 is 2.14 bits per heavy atom. The molecule has 3 rings (SSSR count). The molecular weight excluding hydrogens is 274 g/mol. The van der Waals surface area contributed by atoms with E-state index in [0.29, 0.717) is 10.9 Å². The van der Waals surface area contributed by atoms with E-state index in [1.54, 1.807) is 12.1 Å². The number of rotatable bonds is 3. The van der Waals surface area contributed by atoms with Gasteiger partial charge in [-0.15, -0.1) is 0 Å². The second-order valence-corrected chi connectivity index (χ2v) is 3.99. The van der Waals surface area contributed by atoms with E-state index in [4.69, 9.17) is 10.6 Å². The third kappa shape index (κ3) is 2.03. The van der Waals surface area contributed by atoms with Crippen LogP contribution >= 0.6 is 0 Å². The molecule has 0 bridgehead atoms. The number of carboxylic acid groups (broad SMARTS) is 1. The molecule has 1 N–H and O–H groups in total. The maximum atomic E-state index is 11.2. The second kappa shape index (κ2) is 4.91. The van der Waals surface area contributed by atoms with Crippen molar-refractivity contribution in [3.63, 3.8) is 0 Å². The minimum absolute atomic E-state index is 0.0609.